The number of carbonyl (C=O) groups excluding carboxylic acids is 3. The number of nitrogens with zero attached hydrogens (tertiary/aromatic N) is 2. The summed E-state index contributed by atoms with van der Waals surface area (Å²) >= 11 is 1.21. The summed E-state index contributed by atoms with van der Waals surface area (Å²) in [6.45, 7) is 5.50. The third-order valence-electron chi connectivity index (χ3n) is 5.86. The number of thiophene rings is 1. The number of pyridine rings is 1. The number of aromatic nitrogens is 1. The molecule has 0 radical (unpaired) electrons. The molecular formula is C31H28FN5O5S. The van der Waals surface area contributed by atoms with Gasteiger partial charge >= 0.3 is 6.09 Å². The third kappa shape index (κ3) is 7.93. The third-order valence-corrected chi connectivity index (χ3v) is 6.73. The number of halogens is 1. The van der Waals surface area contributed by atoms with Crippen LogP contribution in [0.5, 0.6) is 5.75 Å². The molecule has 4 N–H and O–H groups in total. The van der Waals surface area contributed by atoms with E-state index in [9.17, 15) is 29.1 Å². The van der Waals surface area contributed by atoms with Gasteiger partial charge in [-0.2, -0.15) is 5.26 Å². The number of amides is 3. The number of benzene rings is 2. The van der Waals surface area contributed by atoms with E-state index in [1.165, 1.54) is 23.5 Å². The van der Waals surface area contributed by atoms with Crippen molar-refractivity contribution in [1.29, 1.82) is 5.26 Å². The van der Waals surface area contributed by atoms with Gasteiger partial charge in [0.1, 0.15) is 28.8 Å². The van der Waals surface area contributed by atoms with Crippen molar-refractivity contribution >= 4 is 35.1 Å². The maximum atomic E-state index is 13.7. The molecule has 0 saturated heterocycles. The minimum atomic E-state index is -0.652. The topological polar surface area (TPSA) is 153 Å². The van der Waals surface area contributed by atoms with Gasteiger partial charge in [-0.15, -0.1) is 11.3 Å². The van der Waals surface area contributed by atoms with Crippen molar-refractivity contribution in [3.8, 4) is 34.2 Å². The average molecular weight is 602 g/mol. The van der Waals surface area contributed by atoms with Crippen LogP contribution in [-0.4, -0.2) is 46.7 Å². The summed E-state index contributed by atoms with van der Waals surface area (Å²) in [5.74, 6) is -2.02. The minimum absolute atomic E-state index is 0.0226. The van der Waals surface area contributed by atoms with Gasteiger partial charge in [0, 0.05) is 35.8 Å². The molecule has 4 aromatic rings. The Morgan fingerprint density at radius 1 is 1.00 bits per heavy atom. The van der Waals surface area contributed by atoms with E-state index in [1.807, 2.05) is 0 Å². The van der Waals surface area contributed by atoms with Gasteiger partial charge in [0.05, 0.1) is 10.6 Å². The summed E-state index contributed by atoms with van der Waals surface area (Å²) in [6, 6.07) is 16.8. The molecule has 43 heavy (non-hydrogen) atoms. The molecule has 0 spiro atoms. The fourth-order valence-corrected chi connectivity index (χ4v) is 4.62. The summed E-state index contributed by atoms with van der Waals surface area (Å²) in [5, 5.41) is 30.3. The summed E-state index contributed by atoms with van der Waals surface area (Å²) in [5.41, 5.74) is 0.749. The summed E-state index contributed by atoms with van der Waals surface area (Å²) < 4.78 is 18.9. The van der Waals surface area contributed by atoms with Crippen molar-refractivity contribution in [3.05, 3.63) is 87.9 Å². The molecule has 0 aliphatic heterocycles. The summed E-state index contributed by atoms with van der Waals surface area (Å²) in [7, 11) is 0. The zero-order valence-electron chi connectivity index (χ0n) is 23.5. The van der Waals surface area contributed by atoms with E-state index in [0.717, 1.165) is 12.1 Å². The lowest BCUT2D eigenvalue weighted by atomic mass is 9.96. The molecule has 0 saturated carbocycles. The van der Waals surface area contributed by atoms with Crippen molar-refractivity contribution < 1.29 is 28.6 Å². The fraction of sp³-hybridized carbons (Fsp3) is 0.194. The molecule has 2 heterocycles. The van der Waals surface area contributed by atoms with E-state index in [4.69, 9.17) is 4.74 Å². The number of carbonyl (C=O) groups is 3. The van der Waals surface area contributed by atoms with E-state index in [-0.39, 0.29) is 47.0 Å². The van der Waals surface area contributed by atoms with Crippen molar-refractivity contribution in [2.75, 3.05) is 18.4 Å². The lowest BCUT2D eigenvalue weighted by Crippen LogP contribution is -2.37. The van der Waals surface area contributed by atoms with E-state index in [2.05, 4.69) is 27.0 Å². The van der Waals surface area contributed by atoms with Crippen LogP contribution in [0.4, 0.5) is 15.0 Å². The highest BCUT2D eigenvalue weighted by Gasteiger charge is 2.21. The second-order valence-electron chi connectivity index (χ2n) is 10.2. The standard InChI is InChI=1S/C31H28FN5O5S/c1-31(2,3)42-30(41)35-12-11-34-28(39)19-7-4-6-18(14-19)22-16-24(21-10-9-20(32)15-25(21)38)36-27(23(22)17-33)37-29(40)26-8-5-13-43-26/h4-10,13-16,38H,11-12H2,1-3H3,(H,34,39)(H,35,41)(H,36,37,40). The van der Waals surface area contributed by atoms with Gasteiger partial charge < -0.3 is 25.8 Å². The van der Waals surface area contributed by atoms with E-state index in [1.54, 1.807) is 62.5 Å². The number of anilines is 1. The maximum absolute atomic E-state index is 13.7. The van der Waals surface area contributed by atoms with Crippen LogP contribution in [0.2, 0.25) is 0 Å². The molecule has 3 amide bonds. The molecule has 0 aliphatic rings. The van der Waals surface area contributed by atoms with Crippen LogP contribution in [0.3, 0.4) is 0 Å². The van der Waals surface area contributed by atoms with Gasteiger partial charge in [0.15, 0.2) is 5.82 Å². The number of nitriles is 1. The quantitative estimate of drug-likeness (QED) is 0.189. The van der Waals surface area contributed by atoms with Gasteiger partial charge in [0.25, 0.3) is 11.8 Å². The predicted molar refractivity (Wildman–Crippen MR) is 160 cm³/mol. The zero-order chi connectivity index (χ0) is 31.1. The average Bonchev–Trinajstić information content (AvgIpc) is 3.49. The summed E-state index contributed by atoms with van der Waals surface area (Å²) in [6.07, 6.45) is -0.601. The van der Waals surface area contributed by atoms with Crippen molar-refractivity contribution in [2.24, 2.45) is 0 Å². The zero-order valence-corrected chi connectivity index (χ0v) is 24.3. The first-order valence-electron chi connectivity index (χ1n) is 13.1. The van der Waals surface area contributed by atoms with Crippen LogP contribution >= 0.6 is 11.3 Å². The van der Waals surface area contributed by atoms with Crippen molar-refractivity contribution in [1.82, 2.24) is 15.6 Å². The second kappa shape index (κ2) is 13.1. The number of hydrogen-bond donors (Lipinski definition) is 4. The Bertz CT molecular complexity index is 1710. The molecule has 10 nitrogen and oxygen atoms in total. The van der Waals surface area contributed by atoms with Crippen molar-refractivity contribution in [2.45, 2.75) is 26.4 Å². The highest BCUT2D eigenvalue weighted by molar-refractivity contribution is 7.12. The Kier molecular flexibility index (Phi) is 9.37. The number of rotatable bonds is 8. The number of alkyl carbamates (subject to hydrolysis) is 1. The second-order valence-corrected chi connectivity index (χ2v) is 11.2. The Morgan fingerprint density at radius 3 is 2.44 bits per heavy atom. The Balaban J connectivity index is 1.65. The van der Waals surface area contributed by atoms with Gasteiger partial charge in [-0.1, -0.05) is 18.2 Å². The molecular weight excluding hydrogens is 573 g/mol. The van der Waals surface area contributed by atoms with Crippen LogP contribution in [0, 0.1) is 17.1 Å². The normalized spacial score (nSPS) is 10.9. The molecule has 2 aromatic heterocycles. The minimum Gasteiger partial charge on any atom is -0.507 e. The lowest BCUT2D eigenvalue weighted by Gasteiger charge is -2.19. The fourth-order valence-electron chi connectivity index (χ4n) is 4.00. The first-order valence-corrected chi connectivity index (χ1v) is 14.0. The first-order chi connectivity index (χ1) is 20.4. The lowest BCUT2D eigenvalue weighted by molar-refractivity contribution is 0.0526. The molecule has 4 rings (SSSR count). The van der Waals surface area contributed by atoms with Crippen LogP contribution in [0.15, 0.2) is 66.0 Å². The first kappa shape index (κ1) is 30.7. The van der Waals surface area contributed by atoms with Gasteiger partial charge in [-0.3, -0.25) is 9.59 Å². The molecule has 0 bridgehead atoms. The van der Waals surface area contributed by atoms with Crippen LogP contribution in [0.25, 0.3) is 22.4 Å². The van der Waals surface area contributed by atoms with E-state index in [0.29, 0.717) is 16.0 Å². The predicted octanol–water partition coefficient (Wildman–Crippen LogP) is 5.70. The number of aromatic hydroxyl groups is 1. The molecule has 2 aromatic carbocycles. The molecule has 0 atom stereocenters. The Hall–Kier alpha value is -5.28. The summed E-state index contributed by atoms with van der Waals surface area (Å²) in [4.78, 5) is 42.4. The Morgan fingerprint density at radius 2 is 1.77 bits per heavy atom. The molecule has 0 aliphatic carbocycles. The number of phenolic OH excluding ortho intramolecular Hbond substituents is 1. The van der Waals surface area contributed by atoms with Gasteiger partial charge in [-0.25, -0.2) is 14.2 Å². The van der Waals surface area contributed by atoms with E-state index >= 15 is 0 Å². The van der Waals surface area contributed by atoms with Crippen LogP contribution in [0.1, 0.15) is 46.4 Å². The van der Waals surface area contributed by atoms with Gasteiger partial charge in [0.2, 0.25) is 0 Å². The molecule has 220 valence electrons. The highest BCUT2D eigenvalue weighted by atomic mass is 32.1. The van der Waals surface area contributed by atoms with E-state index < -0.39 is 29.3 Å². The number of ether oxygens (including phenoxy) is 1. The molecule has 0 fully saturated rings. The maximum Gasteiger partial charge on any atom is 0.407 e. The van der Waals surface area contributed by atoms with Crippen LogP contribution in [-0.2, 0) is 4.74 Å². The van der Waals surface area contributed by atoms with Crippen LogP contribution < -0.4 is 16.0 Å². The molecule has 12 heteroatoms. The monoisotopic (exact) mass is 601 g/mol. The van der Waals surface area contributed by atoms with Gasteiger partial charge in [-0.05, 0) is 68.1 Å². The Labute approximate surface area is 251 Å². The van der Waals surface area contributed by atoms with Crippen molar-refractivity contribution in [3.63, 3.8) is 0 Å². The smallest absolute Gasteiger partial charge is 0.407 e. The number of hydrogen-bond acceptors (Lipinski definition) is 8. The SMILES string of the molecule is CC(C)(C)OC(=O)NCCNC(=O)c1cccc(-c2cc(-c3ccc(F)cc3O)nc(NC(=O)c3cccs3)c2C#N)c1. The largest absolute Gasteiger partial charge is 0.507 e. The number of phenols is 1. The molecule has 0 unspecified atom stereocenters. The number of nitrogens with one attached hydrogen (secondary N) is 3. The highest BCUT2D eigenvalue weighted by Crippen LogP contribution is 2.36.